The van der Waals surface area contributed by atoms with Crippen LogP contribution >= 0.6 is 0 Å². The monoisotopic (exact) mass is 223 g/mol. The molecular formula is C15H29N. The summed E-state index contributed by atoms with van der Waals surface area (Å²) in [4.78, 5) is 0. The third-order valence-corrected chi connectivity index (χ3v) is 2.64. The van der Waals surface area contributed by atoms with Crippen molar-refractivity contribution < 1.29 is 0 Å². The van der Waals surface area contributed by atoms with Crippen LogP contribution in [-0.4, -0.2) is 0 Å². The van der Waals surface area contributed by atoms with E-state index < -0.39 is 0 Å². The molecule has 0 aromatic heterocycles. The first-order valence-corrected chi connectivity index (χ1v) is 6.11. The molecule has 0 aliphatic rings. The van der Waals surface area contributed by atoms with Gasteiger partial charge in [-0.3, -0.25) is 0 Å². The number of nitrogens with two attached hydrogens (primary N) is 1. The Hall–Kier alpha value is -0.720. The van der Waals surface area contributed by atoms with Crippen LogP contribution in [0, 0.1) is 10.8 Å². The van der Waals surface area contributed by atoms with Crippen LogP contribution < -0.4 is 5.73 Å². The Balaban J connectivity index is 5.16. The zero-order valence-electron chi connectivity index (χ0n) is 12.4. The average Bonchev–Trinajstić information content (AvgIpc) is 1.99. The van der Waals surface area contributed by atoms with Gasteiger partial charge in [0.2, 0.25) is 0 Å². The van der Waals surface area contributed by atoms with Gasteiger partial charge in [-0.1, -0.05) is 47.6 Å². The summed E-state index contributed by atoms with van der Waals surface area (Å²) in [5.74, 6) is 0. The highest BCUT2D eigenvalue weighted by molar-refractivity contribution is 5.36. The van der Waals surface area contributed by atoms with E-state index in [1.807, 2.05) is 0 Å². The van der Waals surface area contributed by atoms with Crippen LogP contribution in [-0.2, 0) is 0 Å². The number of hydrogen-bond donors (Lipinski definition) is 1. The van der Waals surface area contributed by atoms with Gasteiger partial charge in [0.15, 0.2) is 0 Å². The maximum atomic E-state index is 6.28. The lowest BCUT2D eigenvalue weighted by atomic mass is 9.80. The highest BCUT2D eigenvalue weighted by atomic mass is 14.6. The van der Waals surface area contributed by atoms with Gasteiger partial charge < -0.3 is 5.73 Å². The van der Waals surface area contributed by atoms with Crippen molar-refractivity contribution in [2.75, 3.05) is 0 Å². The van der Waals surface area contributed by atoms with Gasteiger partial charge in [-0.25, -0.2) is 0 Å². The molecule has 0 atom stereocenters. The smallest absolute Gasteiger partial charge is 0.0337 e. The SMILES string of the molecule is C/C=C(\C(N)=C(\C)CC(C)(C)C)C(C)(C)C. The van der Waals surface area contributed by atoms with Gasteiger partial charge >= 0.3 is 0 Å². The van der Waals surface area contributed by atoms with Crippen molar-refractivity contribution >= 4 is 0 Å². The van der Waals surface area contributed by atoms with E-state index in [-0.39, 0.29) is 5.41 Å². The molecule has 0 radical (unpaired) electrons. The Morgan fingerprint density at radius 1 is 1.06 bits per heavy atom. The Morgan fingerprint density at radius 3 is 1.75 bits per heavy atom. The summed E-state index contributed by atoms with van der Waals surface area (Å²) in [7, 11) is 0. The summed E-state index contributed by atoms with van der Waals surface area (Å²) in [5.41, 5.74) is 10.2. The Kier molecular flexibility index (Phi) is 4.85. The quantitative estimate of drug-likeness (QED) is 0.678. The minimum atomic E-state index is 0.123. The van der Waals surface area contributed by atoms with Gasteiger partial charge in [0, 0.05) is 5.70 Å². The second-order valence-corrected chi connectivity index (χ2v) is 6.88. The molecule has 16 heavy (non-hydrogen) atoms. The molecule has 0 saturated carbocycles. The van der Waals surface area contributed by atoms with Gasteiger partial charge in [0.25, 0.3) is 0 Å². The van der Waals surface area contributed by atoms with E-state index in [0.29, 0.717) is 5.41 Å². The lowest BCUT2D eigenvalue weighted by molar-refractivity contribution is 0.406. The predicted molar refractivity (Wildman–Crippen MR) is 74.2 cm³/mol. The normalized spacial score (nSPS) is 16.1. The van der Waals surface area contributed by atoms with E-state index >= 15 is 0 Å². The first-order valence-electron chi connectivity index (χ1n) is 6.11. The molecule has 0 aromatic rings. The molecule has 1 heteroatoms. The van der Waals surface area contributed by atoms with Crippen molar-refractivity contribution in [2.24, 2.45) is 16.6 Å². The summed E-state index contributed by atoms with van der Waals surface area (Å²) in [5, 5.41) is 0. The molecule has 0 aliphatic carbocycles. The molecule has 0 spiro atoms. The maximum Gasteiger partial charge on any atom is 0.0337 e. The summed E-state index contributed by atoms with van der Waals surface area (Å²) in [6, 6.07) is 0. The van der Waals surface area contributed by atoms with Crippen LogP contribution in [0.2, 0.25) is 0 Å². The van der Waals surface area contributed by atoms with Gasteiger partial charge in [-0.05, 0) is 42.2 Å². The zero-order valence-corrected chi connectivity index (χ0v) is 12.4. The predicted octanol–water partition coefficient (Wildman–Crippen LogP) is 4.65. The van der Waals surface area contributed by atoms with Gasteiger partial charge in [-0.15, -0.1) is 0 Å². The molecule has 0 saturated heterocycles. The Morgan fingerprint density at radius 2 is 1.50 bits per heavy atom. The highest BCUT2D eigenvalue weighted by Gasteiger charge is 2.21. The van der Waals surface area contributed by atoms with Crippen LogP contribution in [0.5, 0.6) is 0 Å². The van der Waals surface area contributed by atoms with Crippen molar-refractivity contribution in [3.05, 3.63) is 22.9 Å². The van der Waals surface area contributed by atoms with Crippen molar-refractivity contribution in [1.29, 1.82) is 0 Å². The first kappa shape index (κ1) is 15.3. The number of allylic oxidation sites excluding steroid dienone is 3. The van der Waals surface area contributed by atoms with E-state index in [1.165, 1.54) is 11.1 Å². The Labute approximate surface area is 102 Å². The van der Waals surface area contributed by atoms with Crippen molar-refractivity contribution in [3.8, 4) is 0 Å². The van der Waals surface area contributed by atoms with E-state index in [1.54, 1.807) is 0 Å². The van der Waals surface area contributed by atoms with Crippen LogP contribution in [0.1, 0.15) is 61.8 Å². The van der Waals surface area contributed by atoms with Crippen molar-refractivity contribution in [2.45, 2.75) is 61.8 Å². The molecule has 0 aliphatic heterocycles. The van der Waals surface area contributed by atoms with E-state index in [4.69, 9.17) is 5.73 Å². The topological polar surface area (TPSA) is 26.0 Å². The van der Waals surface area contributed by atoms with Crippen molar-refractivity contribution in [1.82, 2.24) is 0 Å². The van der Waals surface area contributed by atoms with Crippen LogP contribution in [0.4, 0.5) is 0 Å². The van der Waals surface area contributed by atoms with Gasteiger partial charge in [0.1, 0.15) is 0 Å². The average molecular weight is 223 g/mol. The molecule has 0 fully saturated rings. The van der Waals surface area contributed by atoms with Crippen molar-refractivity contribution in [3.63, 3.8) is 0 Å². The second-order valence-electron chi connectivity index (χ2n) is 6.88. The third kappa shape index (κ3) is 4.87. The summed E-state index contributed by atoms with van der Waals surface area (Å²) in [6.45, 7) is 17.6. The molecule has 2 N–H and O–H groups in total. The molecule has 0 aromatic carbocycles. The maximum absolute atomic E-state index is 6.28. The first-order chi connectivity index (χ1) is 6.99. The van der Waals surface area contributed by atoms with Crippen LogP contribution in [0.3, 0.4) is 0 Å². The fourth-order valence-electron chi connectivity index (χ4n) is 2.11. The fraction of sp³-hybridized carbons (Fsp3) is 0.733. The van der Waals surface area contributed by atoms with E-state index in [0.717, 1.165) is 12.1 Å². The molecule has 0 amide bonds. The number of hydrogen-bond acceptors (Lipinski definition) is 1. The summed E-state index contributed by atoms with van der Waals surface area (Å²) < 4.78 is 0. The molecule has 94 valence electrons. The molecule has 0 bridgehead atoms. The molecule has 1 nitrogen and oxygen atoms in total. The minimum absolute atomic E-state index is 0.123. The second kappa shape index (κ2) is 5.07. The molecule has 0 heterocycles. The highest BCUT2D eigenvalue weighted by Crippen LogP contribution is 2.33. The van der Waals surface area contributed by atoms with Gasteiger partial charge in [-0.2, -0.15) is 0 Å². The third-order valence-electron chi connectivity index (χ3n) is 2.64. The number of rotatable bonds is 2. The van der Waals surface area contributed by atoms with E-state index in [9.17, 15) is 0 Å². The zero-order chi connectivity index (χ0) is 13.1. The molecule has 0 unspecified atom stereocenters. The summed E-state index contributed by atoms with van der Waals surface area (Å²) >= 11 is 0. The standard InChI is InChI=1S/C15H29N/c1-9-12(15(6,7)8)13(16)11(2)10-14(3,4)5/h9H,10,16H2,1-8H3/b12-9+,13-11+. The molecule has 0 rings (SSSR count). The van der Waals surface area contributed by atoms with E-state index in [2.05, 4.69) is 61.5 Å². The van der Waals surface area contributed by atoms with Gasteiger partial charge in [0.05, 0.1) is 0 Å². The lowest BCUT2D eigenvalue weighted by Crippen LogP contribution is -2.19. The lowest BCUT2D eigenvalue weighted by Gasteiger charge is -2.27. The molecular weight excluding hydrogens is 194 g/mol. The van der Waals surface area contributed by atoms with Crippen LogP contribution in [0.25, 0.3) is 0 Å². The summed E-state index contributed by atoms with van der Waals surface area (Å²) in [6.07, 6.45) is 3.19. The Bertz CT molecular complexity index is 292. The fourth-order valence-corrected chi connectivity index (χ4v) is 2.11. The largest absolute Gasteiger partial charge is 0.399 e. The van der Waals surface area contributed by atoms with Crippen LogP contribution in [0.15, 0.2) is 22.9 Å². The minimum Gasteiger partial charge on any atom is -0.399 e.